The van der Waals surface area contributed by atoms with Crippen molar-refractivity contribution in [3.05, 3.63) is 84.0 Å². The summed E-state index contributed by atoms with van der Waals surface area (Å²) in [6.45, 7) is 10.3. The molecule has 0 atom stereocenters. The molecule has 4 heteroatoms. The summed E-state index contributed by atoms with van der Waals surface area (Å²) in [6.07, 6.45) is 10.8. The van der Waals surface area contributed by atoms with Gasteiger partial charge in [0.1, 0.15) is 0 Å². The van der Waals surface area contributed by atoms with Crippen molar-refractivity contribution in [1.82, 2.24) is 4.90 Å². The number of hydrogen-bond acceptors (Lipinski definition) is 3. The molecule has 34 heavy (non-hydrogen) atoms. The highest BCUT2D eigenvalue weighted by Gasteiger charge is 2.25. The van der Waals surface area contributed by atoms with Gasteiger partial charge in [-0.1, -0.05) is 54.1 Å². The summed E-state index contributed by atoms with van der Waals surface area (Å²) in [7, 11) is 0. The second-order valence-electron chi connectivity index (χ2n) is 9.45. The van der Waals surface area contributed by atoms with Gasteiger partial charge < -0.3 is 15.5 Å². The Morgan fingerprint density at radius 1 is 1.00 bits per heavy atom. The number of anilines is 2. The highest BCUT2D eigenvalue weighted by molar-refractivity contribution is 5.64. The van der Waals surface area contributed by atoms with Crippen LogP contribution in [0.4, 0.5) is 11.4 Å². The zero-order valence-corrected chi connectivity index (χ0v) is 20.9. The van der Waals surface area contributed by atoms with Crippen molar-refractivity contribution in [2.75, 3.05) is 24.5 Å². The molecule has 2 aromatic rings. The highest BCUT2D eigenvalue weighted by atomic mass is 15.2. The summed E-state index contributed by atoms with van der Waals surface area (Å²) in [5.74, 6) is 0. The summed E-state index contributed by atoms with van der Waals surface area (Å²) >= 11 is 0. The van der Waals surface area contributed by atoms with Gasteiger partial charge in [-0.05, 0) is 94.7 Å². The Morgan fingerprint density at radius 2 is 1.53 bits per heavy atom. The molecule has 0 radical (unpaired) electrons. The van der Waals surface area contributed by atoms with E-state index in [4.69, 9.17) is 5.41 Å². The molecule has 2 aromatic carbocycles. The number of rotatable bonds is 7. The van der Waals surface area contributed by atoms with Crippen LogP contribution in [0.5, 0.6) is 0 Å². The van der Waals surface area contributed by atoms with Crippen molar-refractivity contribution in [3.63, 3.8) is 0 Å². The first kappa shape index (κ1) is 25.8. The Kier molecular flexibility index (Phi) is 10.4. The SMILES string of the molecule is C=C1CCCC/C1=C(/C)CCCN1CCC(N(c2ccccc2)c2ccccc2)CC1.N=CN. The van der Waals surface area contributed by atoms with Crippen LogP contribution in [0.25, 0.3) is 0 Å². The zero-order chi connectivity index (χ0) is 24.2. The summed E-state index contributed by atoms with van der Waals surface area (Å²) in [6, 6.07) is 22.4. The van der Waals surface area contributed by atoms with Crippen molar-refractivity contribution in [2.45, 2.75) is 64.3 Å². The number of piperidine rings is 1. The fourth-order valence-corrected chi connectivity index (χ4v) is 5.35. The molecule has 2 aliphatic rings. The fourth-order valence-electron chi connectivity index (χ4n) is 5.35. The molecular weight excluding hydrogens is 416 g/mol. The lowest BCUT2D eigenvalue weighted by Crippen LogP contribution is -2.43. The minimum Gasteiger partial charge on any atom is -0.390 e. The number of nitrogens with zero attached hydrogens (tertiary/aromatic N) is 2. The van der Waals surface area contributed by atoms with E-state index in [0.29, 0.717) is 6.04 Å². The molecule has 0 unspecified atom stereocenters. The lowest BCUT2D eigenvalue weighted by atomic mass is 9.86. The van der Waals surface area contributed by atoms with Crippen LogP contribution in [0.3, 0.4) is 0 Å². The molecule has 0 aromatic heterocycles. The van der Waals surface area contributed by atoms with E-state index < -0.39 is 0 Å². The van der Waals surface area contributed by atoms with Crippen molar-refractivity contribution < 1.29 is 0 Å². The molecule has 1 heterocycles. The van der Waals surface area contributed by atoms with Crippen molar-refractivity contribution in [1.29, 1.82) is 5.41 Å². The summed E-state index contributed by atoms with van der Waals surface area (Å²) in [5.41, 5.74) is 11.6. The zero-order valence-electron chi connectivity index (χ0n) is 20.9. The number of benzene rings is 2. The summed E-state index contributed by atoms with van der Waals surface area (Å²) < 4.78 is 0. The Labute approximate surface area is 206 Å². The first-order valence-electron chi connectivity index (χ1n) is 12.8. The molecule has 182 valence electrons. The van der Waals surface area contributed by atoms with Gasteiger partial charge in [0.15, 0.2) is 0 Å². The van der Waals surface area contributed by atoms with E-state index in [-0.39, 0.29) is 0 Å². The molecule has 1 saturated heterocycles. The van der Waals surface area contributed by atoms with Gasteiger partial charge in [0.25, 0.3) is 0 Å². The van der Waals surface area contributed by atoms with Gasteiger partial charge in [-0.25, -0.2) is 0 Å². The fraction of sp³-hybridized carbons (Fsp3) is 0.433. The summed E-state index contributed by atoms with van der Waals surface area (Å²) in [4.78, 5) is 5.24. The van der Waals surface area contributed by atoms with Gasteiger partial charge in [0.05, 0.1) is 6.34 Å². The smallest absolute Gasteiger partial charge is 0.0765 e. The Bertz CT molecular complexity index is 872. The molecular formula is C30H42N4. The third-order valence-electron chi connectivity index (χ3n) is 7.11. The molecule has 1 saturated carbocycles. The first-order valence-corrected chi connectivity index (χ1v) is 12.8. The molecule has 3 N–H and O–H groups in total. The summed E-state index contributed by atoms with van der Waals surface area (Å²) in [5, 5.41) is 5.86. The van der Waals surface area contributed by atoms with Crippen LogP contribution >= 0.6 is 0 Å². The van der Waals surface area contributed by atoms with E-state index in [1.807, 2.05) is 0 Å². The Hall–Kier alpha value is -2.85. The van der Waals surface area contributed by atoms with Crippen molar-refractivity contribution in [3.8, 4) is 0 Å². The van der Waals surface area contributed by atoms with Gasteiger partial charge in [-0.15, -0.1) is 0 Å². The van der Waals surface area contributed by atoms with E-state index in [0.717, 1.165) is 6.34 Å². The van der Waals surface area contributed by atoms with Crippen LogP contribution in [0.1, 0.15) is 58.3 Å². The van der Waals surface area contributed by atoms with Crippen molar-refractivity contribution in [2.24, 2.45) is 5.73 Å². The van der Waals surface area contributed by atoms with Crippen LogP contribution < -0.4 is 10.6 Å². The van der Waals surface area contributed by atoms with E-state index in [1.165, 1.54) is 87.9 Å². The molecule has 2 fully saturated rings. The number of allylic oxidation sites excluding steroid dienone is 3. The Morgan fingerprint density at radius 3 is 2.06 bits per heavy atom. The van der Waals surface area contributed by atoms with Gasteiger partial charge in [-0.3, -0.25) is 5.41 Å². The van der Waals surface area contributed by atoms with Crippen LogP contribution in [0, 0.1) is 5.41 Å². The average Bonchev–Trinajstić information content (AvgIpc) is 2.87. The van der Waals surface area contributed by atoms with Gasteiger partial charge >= 0.3 is 0 Å². The van der Waals surface area contributed by atoms with Crippen LogP contribution in [0.15, 0.2) is 84.0 Å². The largest absolute Gasteiger partial charge is 0.390 e. The quantitative estimate of drug-likeness (QED) is 0.345. The van der Waals surface area contributed by atoms with Crippen molar-refractivity contribution >= 4 is 17.7 Å². The van der Waals surface area contributed by atoms with E-state index in [2.05, 4.69) is 89.7 Å². The monoisotopic (exact) mass is 458 g/mol. The van der Waals surface area contributed by atoms with Crippen LogP contribution in [-0.4, -0.2) is 36.9 Å². The molecule has 4 rings (SSSR count). The van der Waals surface area contributed by atoms with Crippen LogP contribution in [-0.2, 0) is 0 Å². The predicted molar refractivity (Wildman–Crippen MR) is 147 cm³/mol. The second-order valence-corrected chi connectivity index (χ2v) is 9.45. The maximum absolute atomic E-state index is 5.86. The molecule has 1 aliphatic carbocycles. The number of nitrogens with two attached hydrogens (primary N) is 1. The second kappa shape index (κ2) is 13.8. The molecule has 0 spiro atoms. The minimum atomic E-state index is 0.565. The third-order valence-corrected chi connectivity index (χ3v) is 7.11. The Balaban J connectivity index is 0.00000103. The number of hydrogen-bond donors (Lipinski definition) is 2. The standard InChI is InChI=1S/C29H38N2.CH4N2/c1-24-12-9-10-18-29(24)25(2)13-11-21-30-22-19-28(20-23-30)31(26-14-5-3-6-15-26)27-16-7-4-8-17-27;2-1-3/h3-8,14-17,28H,1,9-13,18-23H2,2H3;1H,(H3,2,3)/b29-25+;. The molecule has 0 amide bonds. The topological polar surface area (TPSA) is 56.4 Å². The van der Waals surface area contributed by atoms with Gasteiger partial charge in [0.2, 0.25) is 0 Å². The van der Waals surface area contributed by atoms with Crippen LogP contribution in [0.2, 0.25) is 0 Å². The average molecular weight is 459 g/mol. The third kappa shape index (κ3) is 7.33. The maximum atomic E-state index is 5.86. The molecule has 4 nitrogen and oxygen atoms in total. The lowest BCUT2D eigenvalue weighted by molar-refractivity contribution is 0.210. The van der Waals surface area contributed by atoms with Gasteiger partial charge in [0, 0.05) is 30.5 Å². The van der Waals surface area contributed by atoms with E-state index in [1.54, 1.807) is 11.1 Å². The number of likely N-dealkylation sites (tertiary alicyclic amines) is 1. The number of nitrogens with one attached hydrogen (secondary N) is 1. The van der Waals surface area contributed by atoms with Gasteiger partial charge in [-0.2, -0.15) is 0 Å². The maximum Gasteiger partial charge on any atom is 0.0765 e. The molecule has 0 bridgehead atoms. The predicted octanol–water partition coefficient (Wildman–Crippen LogP) is 7.07. The number of para-hydroxylation sites is 2. The minimum absolute atomic E-state index is 0.565. The highest BCUT2D eigenvalue weighted by Crippen LogP contribution is 2.33. The van der Waals surface area contributed by atoms with E-state index >= 15 is 0 Å². The normalized spacial score (nSPS) is 18.6. The van der Waals surface area contributed by atoms with E-state index in [9.17, 15) is 0 Å². The molecule has 1 aliphatic heterocycles. The first-order chi connectivity index (χ1) is 16.6. The lowest BCUT2D eigenvalue weighted by Gasteiger charge is -2.40.